The van der Waals surface area contributed by atoms with Crippen LogP contribution in [0.5, 0.6) is 0 Å². The molecule has 18 nitrogen and oxygen atoms in total. The number of hydrogen-bond donors (Lipinski definition) is 3. The van der Waals surface area contributed by atoms with Gasteiger partial charge in [-0.2, -0.15) is 10.2 Å². The highest BCUT2D eigenvalue weighted by molar-refractivity contribution is 6.08. The monoisotopic (exact) mass is 910 g/mol. The topological polar surface area (TPSA) is 186 Å². The van der Waals surface area contributed by atoms with E-state index in [9.17, 15) is 33.1 Å². The van der Waals surface area contributed by atoms with E-state index in [0.29, 0.717) is 37.4 Å². The summed E-state index contributed by atoms with van der Waals surface area (Å²) >= 11 is 0. The first-order chi connectivity index (χ1) is 31.9. The fourth-order valence-corrected chi connectivity index (χ4v) is 11.9. The first kappa shape index (κ1) is 42.9. The lowest BCUT2D eigenvalue weighted by Crippen LogP contribution is -2.61. The number of carbonyl (C=O) groups excluding carboxylic acids is 4. The van der Waals surface area contributed by atoms with Gasteiger partial charge in [0.15, 0.2) is 11.3 Å². The van der Waals surface area contributed by atoms with E-state index in [4.69, 9.17) is 9.72 Å². The highest BCUT2D eigenvalue weighted by Gasteiger charge is 2.47. The van der Waals surface area contributed by atoms with Crippen LogP contribution in [0.2, 0.25) is 0 Å². The summed E-state index contributed by atoms with van der Waals surface area (Å²) in [6.07, 6.45) is 8.75. The van der Waals surface area contributed by atoms with Gasteiger partial charge in [0.2, 0.25) is 24.1 Å². The third-order valence-electron chi connectivity index (χ3n) is 15.5. The fraction of sp³-hybridized carbons (Fsp3) is 0.587. The average Bonchev–Trinajstić information content (AvgIpc) is 4.16. The summed E-state index contributed by atoms with van der Waals surface area (Å²) in [7, 11) is 1.78. The molecule has 4 atom stereocenters. The van der Waals surface area contributed by atoms with Crippen LogP contribution >= 0.6 is 0 Å². The van der Waals surface area contributed by atoms with Crippen molar-refractivity contribution < 1.29 is 37.8 Å². The van der Waals surface area contributed by atoms with Crippen LogP contribution in [-0.2, 0) is 25.5 Å². The summed E-state index contributed by atoms with van der Waals surface area (Å²) in [5.74, 6) is 0.0499. The molecule has 20 heteroatoms. The predicted octanol–water partition coefficient (Wildman–Crippen LogP) is 3.72. The number of aliphatic hydroxyl groups excluding tert-OH is 1. The van der Waals surface area contributed by atoms with Crippen molar-refractivity contribution in [1.29, 1.82) is 0 Å². The molecule has 1 aliphatic carbocycles. The number of halogens is 2. The van der Waals surface area contributed by atoms with Crippen molar-refractivity contribution in [1.82, 2.24) is 39.5 Å². The highest BCUT2D eigenvalue weighted by Crippen LogP contribution is 2.45. The Balaban J connectivity index is 0.641. The minimum atomic E-state index is -2.86. The average molecular weight is 911 g/mol. The number of imide groups is 1. The van der Waals surface area contributed by atoms with Crippen molar-refractivity contribution in [3.8, 4) is 0 Å². The molecule has 4 aromatic rings. The zero-order chi connectivity index (χ0) is 45.4. The lowest BCUT2D eigenvalue weighted by molar-refractivity contribution is -0.137. The SMILES string of the molecule is CN1c2c(CCC(=O)N3CCC4(CC3)CN(C[C@H]3CC[C@H](n5cc(NC(=O)c6cnn7ccc(N8C[C@H]9C[C@@H]8CO9)nc67)c(C(F)F)n5)CC3)C4)cccc2N(C2CCC(=O)NC2=O)C1O. The lowest BCUT2D eigenvalue weighted by atomic mass is 9.71. The minimum absolute atomic E-state index is 0.00623. The molecule has 66 heavy (non-hydrogen) atoms. The Bertz CT molecular complexity index is 2540. The van der Waals surface area contributed by atoms with Crippen LogP contribution in [0, 0.1) is 11.3 Å². The third kappa shape index (κ3) is 7.73. The van der Waals surface area contributed by atoms with E-state index in [1.807, 2.05) is 29.2 Å². The number of benzene rings is 1. The van der Waals surface area contributed by atoms with Crippen molar-refractivity contribution in [3.05, 3.63) is 59.7 Å². The number of aromatic nitrogens is 5. The molecule has 6 fully saturated rings. The molecular weight excluding hydrogens is 855 g/mol. The van der Waals surface area contributed by atoms with Gasteiger partial charge in [-0.15, -0.1) is 0 Å². The molecule has 350 valence electrons. The number of nitrogens with zero attached hydrogens (tertiary/aromatic N) is 10. The van der Waals surface area contributed by atoms with Gasteiger partial charge in [-0.05, 0) is 86.8 Å². The Labute approximate surface area is 380 Å². The Morgan fingerprint density at radius 3 is 2.59 bits per heavy atom. The second-order valence-corrected chi connectivity index (χ2v) is 19.6. The highest BCUT2D eigenvalue weighted by atomic mass is 19.3. The van der Waals surface area contributed by atoms with Crippen LogP contribution < -0.4 is 25.3 Å². The van der Waals surface area contributed by atoms with E-state index in [-0.39, 0.29) is 53.1 Å². The van der Waals surface area contributed by atoms with E-state index in [2.05, 4.69) is 30.6 Å². The molecule has 3 aromatic heterocycles. The largest absolute Gasteiger partial charge is 0.374 e. The molecule has 5 saturated heterocycles. The van der Waals surface area contributed by atoms with E-state index in [1.54, 1.807) is 33.9 Å². The lowest BCUT2D eigenvalue weighted by Gasteiger charge is -2.55. The summed E-state index contributed by atoms with van der Waals surface area (Å²) in [6.45, 7) is 5.86. The standard InChI is InChI=1S/C46H56F2N12O6/c1-54-40-28(3-2-4-34(40)60(45(54)65)35-10-11-37(61)52-44(35)64)7-12-38(62)56-17-14-46(15-18-56)25-55(26-46)21-27-5-8-29(9-6-27)59-23-33(39(53-59)41(47)48)50-43(63)32-20-49-58-16-13-36(51-42(32)58)57-22-31-19-30(57)24-66-31/h2-4,13,16,20,23,27,29-31,35,41,45,65H,5-12,14-15,17-19,21-22,24-26H2,1H3,(H,50,63)(H,52,61,64)/t27-,29-,30-,31-,35?,45?/m1/s1. The maximum atomic E-state index is 14.3. The molecule has 4 amide bonds. The number of rotatable bonds is 11. The number of hydrogen-bond acceptors (Lipinski definition) is 13. The minimum Gasteiger partial charge on any atom is -0.374 e. The van der Waals surface area contributed by atoms with Crippen molar-refractivity contribution in [2.45, 2.75) is 108 Å². The van der Waals surface area contributed by atoms with Crippen molar-refractivity contribution in [2.75, 3.05) is 72.9 Å². The number of alkyl halides is 2. The molecule has 9 heterocycles. The van der Waals surface area contributed by atoms with Crippen LogP contribution in [0.25, 0.3) is 5.65 Å². The summed E-state index contributed by atoms with van der Waals surface area (Å²) in [5, 5.41) is 24.8. The number of likely N-dealkylation sites (tertiary alicyclic amines) is 2. The Morgan fingerprint density at radius 2 is 1.86 bits per heavy atom. The van der Waals surface area contributed by atoms with E-state index in [0.717, 1.165) is 107 Å². The summed E-state index contributed by atoms with van der Waals surface area (Å²) in [6, 6.07) is 7.12. The van der Waals surface area contributed by atoms with Gasteiger partial charge in [0.05, 0.1) is 48.1 Å². The molecule has 7 aliphatic rings. The molecule has 2 unspecified atom stereocenters. The summed E-state index contributed by atoms with van der Waals surface area (Å²) in [5.41, 5.74) is 2.76. The van der Waals surface area contributed by atoms with Crippen LogP contribution in [0.4, 0.5) is 31.7 Å². The van der Waals surface area contributed by atoms with Gasteiger partial charge in [-0.25, -0.2) is 18.3 Å². The van der Waals surface area contributed by atoms with Crippen molar-refractivity contribution in [3.63, 3.8) is 0 Å². The summed E-state index contributed by atoms with van der Waals surface area (Å²) in [4.78, 5) is 66.4. The number of anilines is 4. The number of para-hydroxylation sites is 1. The molecule has 11 rings (SSSR count). The van der Waals surface area contributed by atoms with Crippen molar-refractivity contribution in [2.24, 2.45) is 11.3 Å². The number of amides is 4. The first-order valence-electron chi connectivity index (χ1n) is 23.5. The number of piperidine rings is 2. The maximum absolute atomic E-state index is 14.3. The molecule has 0 radical (unpaired) electrons. The number of nitrogens with one attached hydrogen (secondary N) is 2. The van der Waals surface area contributed by atoms with Gasteiger partial charge in [0.1, 0.15) is 17.4 Å². The van der Waals surface area contributed by atoms with E-state index in [1.165, 1.54) is 10.7 Å². The molecule has 1 saturated carbocycles. The van der Waals surface area contributed by atoms with E-state index >= 15 is 0 Å². The van der Waals surface area contributed by atoms with Gasteiger partial charge >= 0.3 is 0 Å². The smallest absolute Gasteiger partial charge is 0.284 e. The number of ether oxygens (including phenoxy) is 1. The van der Waals surface area contributed by atoms with Crippen LogP contribution in [-0.4, -0.2) is 140 Å². The molecule has 1 aromatic carbocycles. The molecule has 6 aliphatic heterocycles. The Kier molecular flexibility index (Phi) is 10.9. The number of aryl methyl sites for hydroxylation is 1. The van der Waals surface area contributed by atoms with Gasteiger partial charge in [-0.3, -0.25) is 29.2 Å². The number of fused-ring (bicyclic) bond motifs is 4. The Hall–Kier alpha value is -5.73. The van der Waals surface area contributed by atoms with Crippen LogP contribution in [0.15, 0.2) is 42.9 Å². The van der Waals surface area contributed by atoms with Gasteiger partial charge in [-0.1, -0.05) is 12.1 Å². The second kappa shape index (κ2) is 16.9. The van der Waals surface area contributed by atoms with Gasteiger partial charge in [0.25, 0.3) is 12.3 Å². The fourth-order valence-electron chi connectivity index (χ4n) is 11.9. The molecule has 1 spiro atoms. The normalized spacial score (nSPS) is 27.3. The molecule has 3 N–H and O–H groups in total. The van der Waals surface area contributed by atoms with Crippen LogP contribution in [0.1, 0.15) is 98.3 Å². The van der Waals surface area contributed by atoms with Gasteiger partial charge < -0.3 is 39.7 Å². The number of aliphatic hydroxyl groups is 1. The van der Waals surface area contributed by atoms with E-state index < -0.39 is 36.3 Å². The summed E-state index contributed by atoms with van der Waals surface area (Å²) < 4.78 is 37.5. The van der Waals surface area contributed by atoms with Gasteiger partial charge in [0, 0.05) is 71.6 Å². The van der Waals surface area contributed by atoms with Crippen molar-refractivity contribution >= 4 is 52.2 Å². The quantitative estimate of drug-likeness (QED) is 0.185. The molecular formula is C46H56F2N12O6. The predicted molar refractivity (Wildman–Crippen MR) is 237 cm³/mol. The Morgan fingerprint density at radius 1 is 1.06 bits per heavy atom. The zero-order valence-corrected chi connectivity index (χ0v) is 37.0. The maximum Gasteiger partial charge on any atom is 0.284 e. The zero-order valence-electron chi connectivity index (χ0n) is 37.0. The number of morpholine rings is 1. The van der Waals surface area contributed by atoms with Crippen LogP contribution in [0.3, 0.4) is 0 Å². The first-order valence-corrected chi connectivity index (χ1v) is 23.5. The second-order valence-electron chi connectivity index (χ2n) is 19.6. The third-order valence-corrected chi connectivity index (χ3v) is 15.5. The number of carbonyl (C=O) groups is 4. The molecule has 2 bridgehead atoms.